The van der Waals surface area contributed by atoms with Crippen LogP contribution in [-0.4, -0.2) is 30.2 Å². The molecule has 0 saturated heterocycles. The number of hydrogen-bond acceptors (Lipinski definition) is 2. The lowest BCUT2D eigenvalue weighted by atomic mass is 10.0. The Morgan fingerprint density at radius 2 is 1.81 bits per heavy atom. The van der Waals surface area contributed by atoms with Crippen LogP contribution in [-0.2, 0) is 0 Å². The maximum absolute atomic E-state index is 12.2. The molecule has 0 fully saturated rings. The molecule has 1 aromatic carbocycles. The predicted molar refractivity (Wildman–Crippen MR) is 83.9 cm³/mol. The van der Waals surface area contributed by atoms with Gasteiger partial charge in [0.1, 0.15) is 0 Å². The lowest BCUT2D eigenvalue weighted by Crippen LogP contribution is -2.42. The van der Waals surface area contributed by atoms with E-state index in [1.807, 2.05) is 6.92 Å². The number of nitrogens with zero attached hydrogens (tertiary/aromatic N) is 1. The minimum atomic E-state index is -1.04. The SMILES string of the molecule is CC(C)CCC(C)NC(=O)N(C)c1ccccc1C(=O)O. The molecule has 1 atom stereocenters. The van der Waals surface area contributed by atoms with Crippen LogP contribution in [0.5, 0.6) is 0 Å². The highest BCUT2D eigenvalue weighted by molar-refractivity contribution is 6.01. The maximum Gasteiger partial charge on any atom is 0.337 e. The summed E-state index contributed by atoms with van der Waals surface area (Å²) in [5, 5.41) is 12.1. The molecule has 1 aromatic rings. The number of nitrogens with one attached hydrogen (secondary N) is 1. The van der Waals surface area contributed by atoms with Crippen molar-refractivity contribution < 1.29 is 14.7 Å². The van der Waals surface area contributed by atoms with Gasteiger partial charge in [-0.3, -0.25) is 4.90 Å². The van der Waals surface area contributed by atoms with E-state index in [0.29, 0.717) is 11.6 Å². The lowest BCUT2D eigenvalue weighted by molar-refractivity contribution is 0.0697. The Morgan fingerprint density at radius 1 is 1.19 bits per heavy atom. The average molecular weight is 292 g/mol. The first-order valence-corrected chi connectivity index (χ1v) is 7.19. The zero-order valence-electron chi connectivity index (χ0n) is 13.1. The molecule has 0 aliphatic rings. The number of urea groups is 1. The summed E-state index contributed by atoms with van der Waals surface area (Å²) < 4.78 is 0. The van der Waals surface area contributed by atoms with Crippen LogP contribution in [0.15, 0.2) is 24.3 Å². The monoisotopic (exact) mass is 292 g/mol. The summed E-state index contributed by atoms with van der Waals surface area (Å²) in [4.78, 5) is 24.7. The molecule has 0 heterocycles. The third kappa shape index (κ3) is 5.10. The quantitative estimate of drug-likeness (QED) is 0.844. The number of hydrogen-bond donors (Lipinski definition) is 2. The van der Waals surface area contributed by atoms with E-state index in [4.69, 9.17) is 5.11 Å². The van der Waals surface area contributed by atoms with Gasteiger partial charge in [-0.2, -0.15) is 0 Å². The van der Waals surface area contributed by atoms with Crippen LogP contribution in [0.25, 0.3) is 0 Å². The van der Waals surface area contributed by atoms with Gasteiger partial charge >= 0.3 is 12.0 Å². The van der Waals surface area contributed by atoms with Crippen molar-refractivity contribution in [2.45, 2.75) is 39.7 Å². The average Bonchev–Trinajstić information content (AvgIpc) is 2.44. The number of para-hydroxylation sites is 1. The molecule has 5 heteroatoms. The number of anilines is 1. The molecule has 2 N–H and O–H groups in total. The van der Waals surface area contributed by atoms with E-state index in [9.17, 15) is 9.59 Å². The molecule has 2 amide bonds. The van der Waals surface area contributed by atoms with Gasteiger partial charge in [-0.15, -0.1) is 0 Å². The third-order valence-electron chi connectivity index (χ3n) is 3.35. The molecule has 21 heavy (non-hydrogen) atoms. The molecule has 116 valence electrons. The number of carboxylic acid groups (broad SMARTS) is 1. The Balaban J connectivity index is 2.73. The number of carboxylic acids is 1. The van der Waals surface area contributed by atoms with Gasteiger partial charge in [0.25, 0.3) is 0 Å². The van der Waals surface area contributed by atoms with Crippen LogP contribution >= 0.6 is 0 Å². The van der Waals surface area contributed by atoms with E-state index in [1.54, 1.807) is 25.2 Å². The van der Waals surface area contributed by atoms with Crippen LogP contribution in [0.4, 0.5) is 10.5 Å². The van der Waals surface area contributed by atoms with Crippen molar-refractivity contribution in [3.63, 3.8) is 0 Å². The summed E-state index contributed by atoms with van der Waals surface area (Å²) in [6.07, 6.45) is 1.94. The van der Waals surface area contributed by atoms with Gasteiger partial charge in [0.2, 0.25) is 0 Å². The summed E-state index contributed by atoms with van der Waals surface area (Å²) in [6.45, 7) is 6.24. The second-order valence-corrected chi connectivity index (χ2v) is 5.70. The van der Waals surface area contributed by atoms with E-state index in [-0.39, 0.29) is 17.6 Å². The molecule has 1 rings (SSSR count). The van der Waals surface area contributed by atoms with Crippen molar-refractivity contribution in [1.29, 1.82) is 0 Å². The summed E-state index contributed by atoms with van der Waals surface area (Å²) in [5.74, 6) is -0.451. The van der Waals surface area contributed by atoms with Gasteiger partial charge in [-0.1, -0.05) is 26.0 Å². The number of amides is 2. The van der Waals surface area contributed by atoms with E-state index >= 15 is 0 Å². The predicted octanol–water partition coefficient (Wildman–Crippen LogP) is 3.36. The van der Waals surface area contributed by atoms with E-state index in [0.717, 1.165) is 12.8 Å². The molecular weight excluding hydrogens is 268 g/mol. The Kier molecular flexibility index (Phi) is 6.21. The molecule has 1 unspecified atom stereocenters. The fraction of sp³-hybridized carbons (Fsp3) is 0.500. The van der Waals surface area contributed by atoms with Crippen molar-refractivity contribution in [3.8, 4) is 0 Å². The van der Waals surface area contributed by atoms with Crippen LogP contribution in [0.1, 0.15) is 44.0 Å². The smallest absolute Gasteiger partial charge is 0.337 e. The van der Waals surface area contributed by atoms with Gasteiger partial charge in [-0.25, -0.2) is 9.59 Å². The highest BCUT2D eigenvalue weighted by Gasteiger charge is 2.18. The van der Waals surface area contributed by atoms with Gasteiger partial charge in [0, 0.05) is 13.1 Å². The van der Waals surface area contributed by atoms with Crippen molar-refractivity contribution in [2.24, 2.45) is 5.92 Å². The molecular formula is C16H24N2O3. The largest absolute Gasteiger partial charge is 0.478 e. The van der Waals surface area contributed by atoms with Gasteiger partial charge in [-0.05, 0) is 37.8 Å². The highest BCUT2D eigenvalue weighted by atomic mass is 16.4. The van der Waals surface area contributed by atoms with Crippen molar-refractivity contribution in [3.05, 3.63) is 29.8 Å². The minimum Gasteiger partial charge on any atom is -0.478 e. The fourth-order valence-corrected chi connectivity index (χ4v) is 2.02. The molecule has 0 spiro atoms. The first-order valence-electron chi connectivity index (χ1n) is 7.19. The van der Waals surface area contributed by atoms with E-state index in [2.05, 4.69) is 19.2 Å². The lowest BCUT2D eigenvalue weighted by Gasteiger charge is -2.23. The second kappa shape index (κ2) is 7.67. The van der Waals surface area contributed by atoms with Crippen molar-refractivity contribution in [2.75, 3.05) is 11.9 Å². The highest BCUT2D eigenvalue weighted by Crippen LogP contribution is 2.19. The summed E-state index contributed by atoms with van der Waals surface area (Å²) in [7, 11) is 1.58. The Bertz CT molecular complexity index is 500. The Labute approximate surface area is 126 Å². The van der Waals surface area contributed by atoms with E-state index in [1.165, 1.54) is 11.0 Å². The maximum atomic E-state index is 12.2. The third-order valence-corrected chi connectivity index (χ3v) is 3.35. The van der Waals surface area contributed by atoms with Crippen molar-refractivity contribution >= 4 is 17.7 Å². The first-order chi connectivity index (χ1) is 9.82. The second-order valence-electron chi connectivity index (χ2n) is 5.70. The minimum absolute atomic E-state index is 0.0549. The Hall–Kier alpha value is -2.04. The molecule has 0 aliphatic heterocycles. The number of carbonyl (C=O) groups is 2. The standard InChI is InChI=1S/C16H24N2O3/c1-11(2)9-10-12(3)17-16(21)18(4)14-8-6-5-7-13(14)15(19)20/h5-8,11-12H,9-10H2,1-4H3,(H,17,21)(H,19,20). The van der Waals surface area contributed by atoms with Crippen molar-refractivity contribution in [1.82, 2.24) is 5.32 Å². The van der Waals surface area contributed by atoms with Crippen LogP contribution in [0.2, 0.25) is 0 Å². The van der Waals surface area contributed by atoms with Gasteiger partial charge in [0.05, 0.1) is 11.3 Å². The van der Waals surface area contributed by atoms with Crippen LogP contribution in [0.3, 0.4) is 0 Å². The van der Waals surface area contributed by atoms with E-state index < -0.39 is 5.97 Å². The Morgan fingerprint density at radius 3 is 2.38 bits per heavy atom. The molecule has 0 aliphatic carbocycles. The summed E-state index contributed by atoms with van der Waals surface area (Å²) in [6, 6.07) is 6.24. The number of rotatable bonds is 6. The molecule has 0 aromatic heterocycles. The zero-order valence-corrected chi connectivity index (χ0v) is 13.1. The fourth-order valence-electron chi connectivity index (χ4n) is 2.02. The zero-order chi connectivity index (χ0) is 16.0. The first kappa shape index (κ1) is 17.0. The normalized spacial score (nSPS) is 12.0. The molecule has 0 radical (unpaired) electrons. The van der Waals surface area contributed by atoms with Gasteiger partial charge in [0.15, 0.2) is 0 Å². The summed E-state index contributed by atoms with van der Waals surface area (Å²) >= 11 is 0. The number of benzene rings is 1. The van der Waals surface area contributed by atoms with Gasteiger partial charge < -0.3 is 10.4 Å². The topological polar surface area (TPSA) is 69.6 Å². The van der Waals surface area contributed by atoms with Crippen LogP contribution < -0.4 is 10.2 Å². The molecule has 0 saturated carbocycles. The number of carbonyl (C=O) groups excluding carboxylic acids is 1. The molecule has 0 bridgehead atoms. The molecule has 5 nitrogen and oxygen atoms in total. The number of aromatic carboxylic acids is 1. The van der Waals surface area contributed by atoms with Crippen LogP contribution in [0, 0.1) is 5.92 Å². The summed E-state index contributed by atoms with van der Waals surface area (Å²) in [5.41, 5.74) is 0.503.